The fourth-order valence-corrected chi connectivity index (χ4v) is 10.3. The fraction of sp³-hybridized carbons (Fsp3) is 0.0357. The number of aromatic nitrogens is 2. The molecule has 0 saturated heterocycles. The molecule has 0 spiro atoms. The monoisotopic (exact) mass is 772 g/mol. The lowest BCUT2D eigenvalue weighted by Gasteiger charge is -2.20. The lowest BCUT2D eigenvalue weighted by molar-refractivity contribution is 1.09. The lowest BCUT2D eigenvalue weighted by Crippen LogP contribution is -2.01. The zero-order chi connectivity index (χ0) is 39.5. The molecule has 0 fully saturated rings. The molecular formula is C56H40N2S. The number of rotatable bonds is 5. The number of hydrogen-bond donors (Lipinski definition) is 0. The average molecular weight is 773 g/mol. The normalized spacial score (nSPS) is 11.8. The van der Waals surface area contributed by atoms with E-state index in [1.165, 1.54) is 104 Å². The third kappa shape index (κ3) is 5.65. The molecule has 3 heterocycles. The molecule has 9 aromatic carbocycles. The van der Waals surface area contributed by atoms with E-state index < -0.39 is 0 Å². The van der Waals surface area contributed by atoms with Gasteiger partial charge in [0.25, 0.3) is 0 Å². The van der Waals surface area contributed by atoms with Crippen LogP contribution in [0, 0.1) is 0 Å². The minimum atomic E-state index is 1.15. The summed E-state index contributed by atoms with van der Waals surface area (Å²) in [6, 6.07) is 75.5. The molecular weight excluding hydrogens is 733 g/mol. The Morgan fingerprint density at radius 3 is 1.58 bits per heavy atom. The summed E-state index contributed by atoms with van der Waals surface area (Å²) in [4.78, 5) is 2.57. The summed E-state index contributed by atoms with van der Waals surface area (Å²) in [5.41, 5.74) is 17.1. The van der Waals surface area contributed by atoms with E-state index in [0.29, 0.717) is 0 Å². The van der Waals surface area contributed by atoms with E-state index in [2.05, 4.69) is 215 Å². The van der Waals surface area contributed by atoms with Crippen molar-refractivity contribution in [2.45, 2.75) is 23.6 Å². The van der Waals surface area contributed by atoms with Crippen LogP contribution in [-0.2, 0) is 0 Å². The van der Waals surface area contributed by atoms with Crippen LogP contribution in [0.2, 0.25) is 0 Å². The highest BCUT2D eigenvalue weighted by atomic mass is 32.2. The maximum atomic E-state index is 2.49. The molecule has 0 unspecified atom stereocenters. The predicted molar refractivity (Wildman–Crippen MR) is 252 cm³/mol. The fourth-order valence-electron chi connectivity index (χ4n) is 9.20. The Morgan fingerprint density at radius 2 is 0.847 bits per heavy atom. The predicted octanol–water partition coefficient (Wildman–Crippen LogP) is 16.0. The maximum Gasteiger partial charge on any atom is 0.0688 e. The van der Waals surface area contributed by atoms with E-state index >= 15 is 0 Å². The van der Waals surface area contributed by atoms with Crippen molar-refractivity contribution >= 4 is 55.4 Å². The van der Waals surface area contributed by atoms with Gasteiger partial charge in [0.05, 0.1) is 27.8 Å². The molecule has 11 aromatic rings. The van der Waals surface area contributed by atoms with Crippen LogP contribution in [0.5, 0.6) is 0 Å². The molecule has 280 valence electrons. The van der Waals surface area contributed by atoms with Gasteiger partial charge in [-0.15, -0.1) is 0 Å². The van der Waals surface area contributed by atoms with E-state index in [1.54, 1.807) is 0 Å². The number of para-hydroxylation sites is 3. The Morgan fingerprint density at radius 1 is 0.339 bits per heavy atom. The maximum absolute atomic E-state index is 2.49. The molecule has 3 heteroatoms. The van der Waals surface area contributed by atoms with Gasteiger partial charge in [-0.25, -0.2) is 0 Å². The van der Waals surface area contributed by atoms with Gasteiger partial charge in [0, 0.05) is 37.0 Å². The molecule has 0 saturated carbocycles. The molecule has 2 aromatic heterocycles. The van der Waals surface area contributed by atoms with Crippen LogP contribution in [-0.4, -0.2) is 9.13 Å². The van der Waals surface area contributed by atoms with Crippen LogP contribution in [0.15, 0.2) is 216 Å². The number of hydrogen-bond acceptors (Lipinski definition) is 1. The second-order valence-corrected chi connectivity index (χ2v) is 16.0. The first-order chi connectivity index (χ1) is 29.3. The zero-order valence-corrected chi connectivity index (χ0v) is 33.7. The summed E-state index contributed by atoms with van der Waals surface area (Å²) in [6.45, 7) is 4.00. The summed E-state index contributed by atoms with van der Waals surface area (Å²) in [6.07, 6.45) is 0. The van der Waals surface area contributed by atoms with Crippen LogP contribution in [0.4, 0.5) is 0 Å². The number of nitrogens with zero attached hydrogens (tertiary/aromatic N) is 2. The highest BCUT2D eigenvalue weighted by Crippen LogP contribution is 2.51. The van der Waals surface area contributed by atoms with Crippen molar-refractivity contribution in [2.24, 2.45) is 0 Å². The first-order valence-electron chi connectivity index (χ1n) is 20.5. The highest BCUT2D eigenvalue weighted by Gasteiger charge is 2.27. The van der Waals surface area contributed by atoms with Crippen molar-refractivity contribution in [2.75, 3.05) is 0 Å². The van der Waals surface area contributed by atoms with Crippen molar-refractivity contribution in [3.8, 4) is 55.9 Å². The van der Waals surface area contributed by atoms with Gasteiger partial charge in [-0.3, -0.25) is 0 Å². The van der Waals surface area contributed by atoms with Gasteiger partial charge < -0.3 is 9.13 Å². The standard InChI is InChI=1S/C54H34N2S.C2H6/c1-2-15-35(16-3-1)42-23-4-5-24-43(42)40-21-13-19-38(32-40)36-17-12-18-37(31-36)39-20-14-22-41(33-39)55-46-27-8-6-25-44(46)52-49(55)34-51-54-53(52)45-26-7-9-28-47(45)56(54)48-29-10-11-30-50(48)57-51;1-2/h1-34H;1-2H3. The van der Waals surface area contributed by atoms with Crippen LogP contribution >= 0.6 is 11.8 Å². The SMILES string of the molecule is CC.c1ccc(-c2ccccc2-c2cccc(-c3cccc(-c4cccc(-n5c6ccccc6c6c7c8ccccc8n8c7c(cc65)Sc5ccccc5-8)c4)c3)c2)cc1. The van der Waals surface area contributed by atoms with Crippen molar-refractivity contribution in [1.82, 2.24) is 9.13 Å². The molecule has 0 N–H and O–H groups in total. The van der Waals surface area contributed by atoms with Gasteiger partial charge in [-0.1, -0.05) is 177 Å². The number of benzene rings is 9. The van der Waals surface area contributed by atoms with Crippen LogP contribution in [0.3, 0.4) is 0 Å². The largest absolute Gasteiger partial charge is 0.309 e. The van der Waals surface area contributed by atoms with Crippen molar-refractivity contribution in [3.05, 3.63) is 206 Å². The Balaban J connectivity index is 0.00000196. The smallest absolute Gasteiger partial charge is 0.0688 e. The van der Waals surface area contributed by atoms with Gasteiger partial charge in [0.1, 0.15) is 0 Å². The van der Waals surface area contributed by atoms with Gasteiger partial charge >= 0.3 is 0 Å². The van der Waals surface area contributed by atoms with Crippen LogP contribution in [0.25, 0.3) is 99.5 Å². The minimum absolute atomic E-state index is 1.15. The second-order valence-electron chi connectivity index (χ2n) is 14.9. The zero-order valence-electron chi connectivity index (χ0n) is 32.9. The van der Waals surface area contributed by atoms with Crippen molar-refractivity contribution < 1.29 is 0 Å². The number of fused-ring (bicyclic) bond motifs is 9. The quantitative estimate of drug-likeness (QED) is 0.169. The van der Waals surface area contributed by atoms with Crippen LogP contribution in [0.1, 0.15) is 13.8 Å². The van der Waals surface area contributed by atoms with Gasteiger partial charge in [-0.05, 0) is 99.1 Å². The Hall–Kier alpha value is -7.07. The van der Waals surface area contributed by atoms with E-state index in [-0.39, 0.29) is 0 Å². The molecule has 0 bridgehead atoms. The van der Waals surface area contributed by atoms with E-state index in [1.807, 2.05) is 25.6 Å². The van der Waals surface area contributed by atoms with Crippen LogP contribution < -0.4 is 0 Å². The van der Waals surface area contributed by atoms with Gasteiger partial charge in [0.2, 0.25) is 0 Å². The first kappa shape index (κ1) is 35.1. The Bertz CT molecular complexity index is 3390. The first-order valence-corrected chi connectivity index (χ1v) is 21.3. The molecule has 0 aliphatic carbocycles. The lowest BCUT2D eigenvalue weighted by atomic mass is 9.92. The minimum Gasteiger partial charge on any atom is -0.309 e. The molecule has 12 rings (SSSR count). The molecule has 0 radical (unpaired) electrons. The third-order valence-electron chi connectivity index (χ3n) is 11.7. The molecule has 2 nitrogen and oxygen atoms in total. The Labute approximate surface area is 348 Å². The van der Waals surface area contributed by atoms with E-state index in [4.69, 9.17) is 0 Å². The summed E-state index contributed by atoms with van der Waals surface area (Å²) in [5, 5.41) is 5.19. The molecule has 1 aliphatic heterocycles. The summed E-state index contributed by atoms with van der Waals surface area (Å²) in [5.74, 6) is 0. The summed E-state index contributed by atoms with van der Waals surface area (Å²) >= 11 is 1.88. The molecule has 59 heavy (non-hydrogen) atoms. The molecule has 0 amide bonds. The second kappa shape index (κ2) is 14.4. The van der Waals surface area contributed by atoms with E-state index in [0.717, 1.165) is 5.69 Å². The average Bonchev–Trinajstić information content (AvgIpc) is 3.84. The third-order valence-corrected chi connectivity index (χ3v) is 12.8. The topological polar surface area (TPSA) is 9.86 Å². The molecule has 1 aliphatic rings. The van der Waals surface area contributed by atoms with Gasteiger partial charge in [0.15, 0.2) is 0 Å². The molecule has 0 atom stereocenters. The van der Waals surface area contributed by atoms with Gasteiger partial charge in [-0.2, -0.15) is 0 Å². The highest BCUT2D eigenvalue weighted by molar-refractivity contribution is 7.99. The van der Waals surface area contributed by atoms with Crippen molar-refractivity contribution in [3.63, 3.8) is 0 Å². The van der Waals surface area contributed by atoms with Crippen molar-refractivity contribution in [1.29, 1.82) is 0 Å². The van der Waals surface area contributed by atoms with E-state index in [9.17, 15) is 0 Å². The summed E-state index contributed by atoms with van der Waals surface area (Å²) < 4.78 is 4.97. The summed E-state index contributed by atoms with van der Waals surface area (Å²) in [7, 11) is 0. The Kier molecular flexibility index (Phi) is 8.57.